The fourth-order valence-electron chi connectivity index (χ4n) is 2.69. The number of hydrogen-bond acceptors (Lipinski definition) is 6. The van der Waals surface area contributed by atoms with Gasteiger partial charge < -0.3 is 10.6 Å². The number of hydrogen-bond donors (Lipinski definition) is 2. The van der Waals surface area contributed by atoms with Gasteiger partial charge in [0.25, 0.3) is 0 Å². The molecule has 0 unspecified atom stereocenters. The molecule has 0 atom stereocenters. The summed E-state index contributed by atoms with van der Waals surface area (Å²) in [6.07, 6.45) is 5.08. The Bertz CT molecular complexity index is 1060. The molecule has 0 aliphatic rings. The van der Waals surface area contributed by atoms with Gasteiger partial charge in [0.15, 0.2) is 17.3 Å². The number of halogens is 1. The Kier molecular flexibility index (Phi) is 6.29. The van der Waals surface area contributed by atoms with E-state index in [0.717, 1.165) is 22.4 Å². The lowest BCUT2D eigenvalue weighted by molar-refractivity contribution is 0.289. The van der Waals surface area contributed by atoms with Gasteiger partial charge in [-0.25, -0.2) is 9.97 Å². The van der Waals surface area contributed by atoms with E-state index in [-0.39, 0.29) is 15.0 Å². The number of pyridine rings is 1. The van der Waals surface area contributed by atoms with Crippen molar-refractivity contribution in [2.75, 3.05) is 5.73 Å². The third kappa shape index (κ3) is 4.99. The predicted molar refractivity (Wildman–Crippen MR) is 125 cm³/mol. The summed E-state index contributed by atoms with van der Waals surface area (Å²) < 4.78 is -0.114. The molecule has 0 fully saturated rings. The van der Waals surface area contributed by atoms with Gasteiger partial charge in [0, 0.05) is 11.8 Å². The van der Waals surface area contributed by atoms with Gasteiger partial charge in [-0.3, -0.25) is 4.98 Å². The number of rotatable bonds is 6. The van der Waals surface area contributed by atoms with Gasteiger partial charge in [0.2, 0.25) is 0 Å². The number of nitrogen functional groups attached to an aromatic ring is 1. The first-order chi connectivity index (χ1) is 13.8. The highest BCUT2D eigenvalue weighted by Crippen LogP contribution is 2.32. The number of aromatic nitrogens is 3. The van der Waals surface area contributed by atoms with Crippen molar-refractivity contribution in [3.05, 3.63) is 84.5 Å². The van der Waals surface area contributed by atoms with E-state index in [1.165, 1.54) is 0 Å². The second-order valence-electron chi connectivity index (χ2n) is 6.91. The van der Waals surface area contributed by atoms with Crippen LogP contribution in [-0.4, -0.2) is 15.0 Å². The summed E-state index contributed by atoms with van der Waals surface area (Å²) in [5.74, 6) is 6.03. The molecule has 0 saturated carbocycles. The summed E-state index contributed by atoms with van der Waals surface area (Å²) in [5, 5.41) is 0. The smallest absolute Gasteiger partial charge is 0.176 e. The van der Waals surface area contributed by atoms with Crippen molar-refractivity contribution in [1.29, 1.82) is 0 Å². The van der Waals surface area contributed by atoms with Crippen LogP contribution in [0.4, 0.5) is 5.82 Å². The normalized spacial score (nSPS) is 11.9. The first-order valence-electron chi connectivity index (χ1n) is 8.91. The monoisotopic (exact) mass is 499 g/mol. The van der Waals surface area contributed by atoms with Crippen LogP contribution < -0.4 is 11.6 Å². The van der Waals surface area contributed by atoms with Gasteiger partial charge >= 0.3 is 0 Å². The minimum absolute atomic E-state index is 0.114. The Morgan fingerprint density at radius 2 is 1.90 bits per heavy atom. The third-order valence-electron chi connectivity index (χ3n) is 4.28. The average molecular weight is 499 g/mol. The van der Waals surface area contributed by atoms with Crippen LogP contribution in [0.3, 0.4) is 0 Å². The van der Waals surface area contributed by atoms with Crippen LogP contribution in [0.1, 0.15) is 30.8 Å². The SMILES string of the molecule is C=C(/C=C(\ON)c1nc(-c2ccnc(C(C)(C)I)c2)cnc1N)c1ccccc1. The second kappa shape index (κ2) is 8.71. The van der Waals surface area contributed by atoms with Crippen LogP contribution in [-0.2, 0) is 8.26 Å². The maximum absolute atomic E-state index is 6.06. The molecule has 3 aromatic rings. The van der Waals surface area contributed by atoms with Crippen LogP contribution in [0, 0.1) is 0 Å². The lowest BCUT2D eigenvalue weighted by Crippen LogP contribution is -2.10. The Labute approximate surface area is 183 Å². The Balaban J connectivity index is 2.02. The molecule has 7 heteroatoms. The number of benzene rings is 1. The van der Waals surface area contributed by atoms with Crippen molar-refractivity contribution in [1.82, 2.24) is 15.0 Å². The Morgan fingerprint density at radius 1 is 1.17 bits per heavy atom. The molecule has 29 heavy (non-hydrogen) atoms. The van der Waals surface area contributed by atoms with Crippen molar-refractivity contribution >= 4 is 39.7 Å². The fourth-order valence-corrected chi connectivity index (χ4v) is 2.98. The molecule has 2 heterocycles. The number of nitrogens with zero attached hydrogens (tertiary/aromatic N) is 3. The molecule has 4 N–H and O–H groups in total. The number of allylic oxidation sites excluding steroid dienone is 2. The molecule has 3 rings (SSSR count). The van der Waals surface area contributed by atoms with Crippen LogP contribution in [0.5, 0.6) is 0 Å². The van der Waals surface area contributed by atoms with Crippen molar-refractivity contribution in [2.45, 2.75) is 17.3 Å². The molecule has 0 radical (unpaired) electrons. The van der Waals surface area contributed by atoms with Gasteiger partial charge in [-0.2, -0.15) is 5.90 Å². The molecule has 0 aliphatic carbocycles. The van der Waals surface area contributed by atoms with Gasteiger partial charge in [-0.05, 0) is 43.2 Å². The van der Waals surface area contributed by atoms with E-state index in [0.29, 0.717) is 11.4 Å². The molecule has 0 amide bonds. The minimum atomic E-state index is -0.114. The van der Waals surface area contributed by atoms with Crippen LogP contribution >= 0.6 is 22.6 Å². The quantitative estimate of drug-likeness (QED) is 0.167. The number of alkyl halides is 1. The highest BCUT2D eigenvalue weighted by atomic mass is 127. The number of anilines is 1. The summed E-state index contributed by atoms with van der Waals surface area (Å²) in [7, 11) is 0. The van der Waals surface area contributed by atoms with Crippen molar-refractivity contribution in [2.24, 2.45) is 5.90 Å². The zero-order valence-corrected chi connectivity index (χ0v) is 18.4. The van der Waals surface area contributed by atoms with E-state index in [1.54, 1.807) is 18.5 Å². The summed E-state index contributed by atoms with van der Waals surface area (Å²) in [6.45, 7) is 8.27. The van der Waals surface area contributed by atoms with Crippen LogP contribution in [0.15, 0.2) is 67.5 Å². The van der Waals surface area contributed by atoms with E-state index in [4.69, 9.17) is 16.5 Å². The van der Waals surface area contributed by atoms with Gasteiger partial charge in [-0.1, -0.05) is 59.5 Å². The van der Waals surface area contributed by atoms with Gasteiger partial charge in [0.05, 0.1) is 21.0 Å². The first-order valence-corrected chi connectivity index (χ1v) is 9.99. The summed E-state index contributed by atoms with van der Waals surface area (Å²) in [4.78, 5) is 18.5. The van der Waals surface area contributed by atoms with E-state index in [2.05, 4.69) is 58.0 Å². The van der Waals surface area contributed by atoms with Crippen molar-refractivity contribution < 1.29 is 4.84 Å². The third-order valence-corrected chi connectivity index (χ3v) is 4.83. The first kappa shape index (κ1) is 20.9. The molecule has 0 saturated heterocycles. The molecular formula is C22H22IN5O. The summed E-state index contributed by atoms with van der Waals surface area (Å²) in [6, 6.07) is 13.6. The van der Waals surface area contributed by atoms with Gasteiger partial charge in [-0.15, -0.1) is 0 Å². The van der Waals surface area contributed by atoms with Crippen molar-refractivity contribution in [3.63, 3.8) is 0 Å². The van der Waals surface area contributed by atoms with Crippen molar-refractivity contribution in [3.8, 4) is 11.3 Å². The topological polar surface area (TPSA) is 99.9 Å². The molecule has 148 valence electrons. The molecule has 6 nitrogen and oxygen atoms in total. The summed E-state index contributed by atoms with van der Waals surface area (Å²) in [5.41, 5.74) is 10.5. The molecule has 0 aliphatic heterocycles. The second-order valence-corrected chi connectivity index (χ2v) is 9.61. The van der Waals surface area contributed by atoms with Crippen LogP contribution in [0.25, 0.3) is 22.6 Å². The maximum Gasteiger partial charge on any atom is 0.176 e. The van der Waals surface area contributed by atoms with E-state index in [1.807, 2.05) is 42.5 Å². The van der Waals surface area contributed by atoms with E-state index < -0.39 is 0 Å². The zero-order valence-electron chi connectivity index (χ0n) is 16.3. The predicted octanol–water partition coefficient (Wildman–Crippen LogP) is 4.74. The molecule has 1 aromatic carbocycles. The highest BCUT2D eigenvalue weighted by Gasteiger charge is 2.19. The lowest BCUT2D eigenvalue weighted by atomic mass is 10.1. The molecule has 0 bridgehead atoms. The molecule has 2 aromatic heterocycles. The number of nitrogens with two attached hydrogens (primary N) is 2. The zero-order chi connectivity index (χ0) is 21.0. The maximum atomic E-state index is 6.06. The largest absolute Gasteiger partial charge is 0.409 e. The average Bonchev–Trinajstić information content (AvgIpc) is 2.72. The van der Waals surface area contributed by atoms with Gasteiger partial charge in [0.1, 0.15) is 0 Å². The van der Waals surface area contributed by atoms with E-state index >= 15 is 0 Å². The molecular weight excluding hydrogens is 477 g/mol. The standard InChI is InChI=1S/C22H22IN5O/c1-14(15-7-5-4-6-8-15)11-18(29-25)20-21(24)27-13-17(28-20)16-9-10-26-19(12-16)22(2,3)23/h4-13H,1,25H2,2-3H3,(H2,24,27)/b18-11-. The lowest BCUT2D eigenvalue weighted by Gasteiger charge is -2.16. The summed E-state index contributed by atoms with van der Waals surface area (Å²) >= 11 is 2.35. The fraction of sp³-hybridized carbons (Fsp3) is 0.136. The highest BCUT2D eigenvalue weighted by molar-refractivity contribution is 14.1. The van der Waals surface area contributed by atoms with Crippen LogP contribution in [0.2, 0.25) is 0 Å². The van der Waals surface area contributed by atoms with E-state index in [9.17, 15) is 0 Å². The Hall–Kier alpha value is -2.78. The minimum Gasteiger partial charge on any atom is -0.409 e. The molecule has 0 spiro atoms. The Morgan fingerprint density at radius 3 is 2.55 bits per heavy atom.